The number of esters is 1. The standard InChI is InChI=1S/C20H21NO5/c1-2-26-20(25)16(12-14-6-4-3-5-7-14)21-19(24)11-9-15-8-10-17(22)18(23)13-15/h3-11,13,16,22-23H,2,12H2,1H3,(H,21,24)/b11-9+/t16-/m0/s1. The van der Waals surface area contributed by atoms with Crippen molar-refractivity contribution < 1.29 is 24.5 Å². The number of rotatable bonds is 7. The third-order valence-electron chi connectivity index (χ3n) is 3.60. The second-order valence-corrected chi connectivity index (χ2v) is 5.58. The number of hydrogen-bond acceptors (Lipinski definition) is 5. The van der Waals surface area contributed by atoms with Crippen LogP contribution < -0.4 is 5.32 Å². The highest BCUT2D eigenvalue weighted by molar-refractivity contribution is 5.94. The number of carbonyl (C=O) groups excluding carboxylic acids is 2. The summed E-state index contributed by atoms with van der Waals surface area (Å²) >= 11 is 0. The van der Waals surface area contributed by atoms with E-state index in [1.165, 1.54) is 24.3 Å². The summed E-state index contributed by atoms with van der Waals surface area (Å²) in [4.78, 5) is 24.3. The predicted octanol–water partition coefficient (Wildman–Crippen LogP) is 2.40. The van der Waals surface area contributed by atoms with Gasteiger partial charge < -0.3 is 20.3 Å². The van der Waals surface area contributed by atoms with Gasteiger partial charge in [-0.1, -0.05) is 36.4 Å². The van der Waals surface area contributed by atoms with Crippen molar-refractivity contribution in [2.75, 3.05) is 6.61 Å². The van der Waals surface area contributed by atoms with E-state index in [4.69, 9.17) is 4.74 Å². The lowest BCUT2D eigenvalue weighted by Gasteiger charge is -2.16. The minimum Gasteiger partial charge on any atom is -0.504 e. The number of amides is 1. The summed E-state index contributed by atoms with van der Waals surface area (Å²) in [6.45, 7) is 1.93. The first-order valence-electron chi connectivity index (χ1n) is 8.20. The number of nitrogens with one attached hydrogen (secondary N) is 1. The molecule has 3 N–H and O–H groups in total. The van der Waals surface area contributed by atoms with Gasteiger partial charge in [-0.15, -0.1) is 0 Å². The van der Waals surface area contributed by atoms with Gasteiger partial charge in [0.15, 0.2) is 11.5 Å². The Bertz CT molecular complexity index is 786. The molecule has 6 heteroatoms. The van der Waals surface area contributed by atoms with Crippen LogP contribution in [-0.4, -0.2) is 34.7 Å². The maximum Gasteiger partial charge on any atom is 0.328 e. The zero-order chi connectivity index (χ0) is 18.9. The summed E-state index contributed by atoms with van der Waals surface area (Å²) in [5.74, 6) is -1.48. The van der Waals surface area contributed by atoms with E-state index in [-0.39, 0.29) is 18.1 Å². The molecule has 136 valence electrons. The van der Waals surface area contributed by atoms with E-state index in [9.17, 15) is 19.8 Å². The lowest BCUT2D eigenvalue weighted by Crippen LogP contribution is -2.42. The predicted molar refractivity (Wildman–Crippen MR) is 97.5 cm³/mol. The molecule has 0 spiro atoms. The molecule has 0 aliphatic heterocycles. The number of benzene rings is 2. The summed E-state index contributed by atoms with van der Waals surface area (Å²) in [6.07, 6.45) is 3.04. The van der Waals surface area contributed by atoms with Crippen molar-refractivity contribution in [1.82, 2.24) is 5.32 Å². The minimum atomic E-state index is -0.803. The van der Waals surface area contributed by atoms with Crippen LogP contribution in [0.1, 0.15) is 18.1 Å². The second-order valence-electron chi connectivity index (χ2n) is 5.58. The van der Waals surface area contributed by atoms with Crippen LogP contribution >= 0.6 is 0 Å². The summed E-state index contributed by atoms with van der Waals surface area (Å²) in [7, 11) is 0. The fourth-order valence-electron chi connectivity index (χ4n) is 2.32. The van der Waals surface area contributed by atoms with Crippen molar-refractivity contribution in [1.29, 1.82) is 0 Å². The van der Waals surface area contributed by atoms with E-state index in [1.807, 2.05) is 30.3 Å². The van der Waals surface area contributed by atoms with Crippen molar-refractivity contribution in [2.24, 2.45) is 0 Å². The topological polar surface area (TPSA) is 95.9 Å². The number of hydrogen-bond donors (Lipinski definition) is 3. The highest BCUT2D eigenvalue weighted by Gasteiger charge is 2.21. The van der Waals surface area contributed by atoms with Crippen LogP contribution in [0.25, 0.3) is 6.08 Å². The van der Waals surface area contributed by atoms with Gasteiger partial charge in [-0.2, -0.15) is 0 Å². The van der Waals surface area contributed by atoms with Crippen molar-refractivity contribution in [2.45, 2.75) is 19.4 Å². The van der Waals surface area contributed by atoms with Gasteiger partial charge in [0.05, 0.1) is 6.61 Å². The van der Waals surface area contributed by atoms with Gasteiger partial charge in [0.2, 0.25) is 5.91 Å². The summed E-state index contributed by atoms with van der Waals surface area (Å²) in [6, 6.07) is 12.7. The van der Waals surface area contributed by atoms with E-state index >= 15 is 0 Å². The average molecular weight is 355 g/mol. The van der Waals surface area contributed by atoms with Crippen LogP contribution in [0.5, 0.6) is 11.5 Å². The van der Waals surface area contributed by atoms with Crippen molar-refractivity contribution in [3.05, 3.63) is 65.7 Å². The number of phenolic OH excluding ortho intramolecular Hbond substituents is 2. The smallest absolute Gasteiger partial charge is 0.328 e. The first-order chi connectivity index (χ1) is 12.5. The second kappa shape index (κ2) is 9.27. The molecule has 1 amide bonds. The highest BCUT2D eigenvalue weighted by atomic mass is 16.5. The molecule has 2 rings (SSSR count). The first kappa shape index (κ1) is 19.1. The summed E-state index contributed by atoms with van der Waals surface area (Å²) in [5.41, 5.74) is 1.43. The molecule has 0 aliphatic rings. The van der Waals surface area contributed by atoms with Crippen LogP contribution in [0.3, 0.4) is 0 Å². The fraction of sp³-hybridized carbons (Fsp3) is 0.200. The molecule has 0 unspecified atom stereocenters. The third kappa shape index (κ3) is 5.66. The van der Waals surface area contributed by atoms with Gasteiger partial charge in [0.1, 0.15) is 6.04 Å². The number of carbonyl (C=O) groups is 2. The Labute approximate surface area is 151 Å². The molecule has 0 aromatic heterocycles. The van der Waals surface area contributed by atoms with Crippen LogP contribution in [0.15, 0.2) is 54.6 Å². The Balaban J connectivity index is 2.05. The van der Waals surface area contributed by atoms with Crippen LogP contribution in [0.2, 0.25) is 0 Å². The Morgan fingerprint density at radius 1 is 1.12 bits per heavy atom. The van der Waals surface area contributed by atoms with Crippen molar-refractivity contribution in [3.63, 3.8) is 0 Å². The maximum absolute atomic E-state index is 12.2. The molecule has 2 aromatic carbocycles. The number of phenols is 2. The van der Waals surface area contributed by atoms with Gasteiger partial charge in [-0.25, -0.2) is 4.79 Å². The Morgan fingerprint density at radius 2 is 1.85 bits per heavy atom. The Kier molecular flexibility index (Phi) is 6.79. The lowest BCUT2D eigenvalue weighted by atomic mass is 10.1. The van der Waals surface area contributed by atoms with Crippen LogP contribution in [0.4, 0.5) is 0 Å². The molecule has 0 saturated heterocycles. The normalized spacial score (nSPS) is 11.9. The molecular weight excluding hydrogens is 334 g/mol. The van der Waals surface area contributed by atoms with Gasteiger partial charge in [-0.05, 0) is 36.3 Å². The van der Waals surface area contributed by atoms with E-state index in [1.54, 1.807) is 13.0 Å². The zero-order valence-corrected chi connectivity index (χ0v) is 14.4. The van der Waals surface area contributed by atoms with Gasteiger partial charge in [0, 0.05) is 12.5 Å². The molecule has 2 aromatic rings. The Morgan fingerprint density at radius 3 is 2.50 bits per heavy atom. The molecule has 26 heavy (non-hydrogen) atoms. The third-order valence-corrected chi connectivity index (χ3v) is 3.60. The molecule has 0 heterocycles. The fourth-order valence-corrected chi connectivity index (χ4v) is 2.32. The van der Waals surface area contributed by atoms with E-state index in [0.717, 1.165) is 5.56 Å². The monoisotopic (exact) mass is 355 g/mol. The number of ether oxygens (including phenoxy) is 1. The molecular formula is C20H21NO5. The zero-order valence-electron chi connectivity index (χ0n) is 14.4. The maximum atomic E-state index is 12.2. The van der Waals surface area contributed by atoms with Gasteiger partial charge in [-0.3, -0.25) is 4.79 Å². The van der Waals surface area contributed by atoms with Crippen LogP contribution in [0, 0.1) is 0 Å². The van der Waals surface area contributed by atoms with E-state index in [0.29, 0.717) is 12.0 Å². The van der Waals surface area contributed by atoms with E-state index in [2.05, 4.69) is 5.32 Å². The minimum absolute atomic E-state index is 0.225. The van der Waals surface area contributed by atoms with Crippen molar-refractivity contribution in [3.8, 4) is 11.5 Å². The van der Waals surface area contributed by atoms with E-state index < -0.39 is 17.9 Å². The van der Waals surface area contributed by atoms with Gasteiger partial charge >= 0.3 is 5.97 Å². The molecule has 0 bridgehead atoms. The lowest BCUT2D eigenvalue weighted by molar-refractivity contribution is -0.146. The molecule has 0 saturated carbocycles. The van der Waals surface area contributed by atoms with Gasteiger partial charge in [0.25, 0.3) is 0 Å². The van der Waals surface area contributed by atoms with Crippen LogP contribution in [-0.2, 0) is 20.7 Å². The molecule has 6 nitrogen and oxygen atoms in total. The summed E-state index contributed by atoms with van der Waals surface area (Å²) < 4.78 is 5.03. The molecule has 0 radical (unpaired) electrons. The molecule has 0 aliphatic carbocycles. The molecule has 1 atom stereocenters. The Hall–Kier alpha value is -3.28. The average Bonchev–Trinajstić information content (AvgIpc) is 2.63. The highest BCUT2D eigenvalue weighted by Crippen LogP contribution is 2.25. The first-order valence-corrected chi connectivity index (χ1v) is 8.20. The largest absolute Gasteiger partial charge is 0.504 e. The quantitative estimate of drug-likeness (QED) is 0.403. The SMILES string of the molecule is CCOC(=O)[C@H](Cc1ccccc1)NC(=O)/C=C/c1ccc(O)c(O)c1. The summed E-state index contributed by atoms with van der Waals surface area (Å²) in [5, 5.41) is 21.4. The molecule has 0 fully saturated rings. The van der Waals surface area contributed by atoms with Crippen molar-refractivity contribution >= 4 is 18.0 Å². The number of aromatic hydroxyl groups is 2.